The number of carbonyl (C=O) groups excluding carboxylic acids is 1. The van der Waals surface area contributed by atoms with Crippen LogP contribution in [0.4, 0.5) is 0 Å². The Morgan fingerprint density at radius 2 is 2.12 bits per heavy atom. The van der Waals surface area contributed by atoms with Gasteiger partial charge in [0.2, 0.25) is 5.91 Å². The summed E-state index contributed by atoms with van der Waals surface area (Å²) < 4.78 is 0. The lowest BCUT2D eigenvalue weighted by atomic mass is 9.82. The summed E-state index contributed by atoms with van der Waals surface area (Å²) in [6.45, 7) is 6.59. The van der Waals surface area contributed by atoms with Crippen molar-refractivity contribution in [1.29, 1.82) is 0 Å². The van der Waals surface area contributed by atoms with Crippen molar-refractivity contribution in [3.8, 4) is 0 Å². The fraction of sp³-hybridized carbons (Fsp3) is 0.846. The van der Waals surface area contributed by atoms with Gasteiger partial charge in [-0.25, -0.2) is 0 Å². The van der Waals surface area contributed by atoms with Gasteiger partial charge in [-0.2, -0.15) is 0 Å². The Hall–Kier alpha value is -0.640. The van der Waals surface area contributed by atoms with Crippen molar-refractivity contribution < 1.29 is 4.79 Å². The van der Waals surface area contributed by atoms with Crippen LogP contribution >= 0.6 is 12.2 Å². The van der Waals surface area contributed by atoms with Gasteiger partial charge in [-0.05, 0) is 38.5 Å². The van der Waals surface area contributed by atoms with Crippen molar-refractivity contribution >= 4 is 23.1 Å². The molecule has 0 spiro atoms. The third kappa shape index (κ3) is 3.95. The van der Waals surface area contributed by atoms with Gasteiger partial charge in [0, 0.05) is 6.54 Å². The highest BCUT2D eigenvalue weighted by Crippen LogP contribution is 2.28. The first-order valence-electron chi connectivity index (χ1n) is 6.42. The van der Waals surface area contributed by atoms with E-state index in [1.165, 1.54) is 25.7 Å². The Labute approximate surface area is 110 Å². The first kappa shape index (κ1) is 14.4. The van der Waals surface area contributed by atoms with Gasteiger partial charge in [0.25, 0.3) is 0 Å². The van der Waals surface area contributed by atoms with Crippen molar-refractivity contribution in [3.63, 3.8) is 0 Å². The molecular formula is C13H24N2OS. The number of hydrogen-bond acceptors (Lipinski definition) is 2. The zero-order valence-electron chi connectivity index (χ0n) is 11.1. The van der Waals surface area contributed by atoms with Crippen LogP contribution in [0.3, 0.4) is 0 Å². The second-order valence-corrected chi connectivity index (χ2v) is 6.28. The fourth-order valence-corrected chi connectivity index (χ4v) is 2.41. The van der Waals surface area contributed by atoms with E-state index in [0.717, 1.165) is 12.5 Å². The van der Waals surface area contributed by atoms with E-state index in [4.69, 9.17) is 18.0 Å². The van der Waals surface area contributed by atoms with Crippen molar-refractivity contribution in [1.82, 2.24) is 5.32 Å². The smallest absolute Gasteiger partial charge is 0.232 e. The first-order valence-corrected chi connectivity index (χ1v) is 6.83. The molecule has 1 aliphatic carbocycles. The zero-order valence-corrected chi connectivity index (χ0v) is 11.9. The van der Waals surface area contributed by atoms with E-state index in [9.17, 15) is 4.79 Å². The molecular weight excluding hydrogens is 232 g/mol. The summed E-state index contributed by atoms with van der Waals surface area (Å²) in [6.07, 6.45) is 5.04. The number of hydrogen-bond donors (Lipinski definition) is 2. The predicted molar refractivity (Wildman–Crippen MR) is 74.7 cm³/mol. The second-order valence-electron chi connectivity index (χ2n) is 5.84. The number of carbonyl (C=O) groups is 1. The monoisotopic (exact) mass is 256 g/mol. The minimum atomic E-state index is -0.740. The topological polar surface area (TPSA) is 55.1 Å². The molecule has 0 saturated heterocycles. The second kappa shape index (κ2) is 5.80. The van der Waals surface area contributed by atoms with Crippen LogP contribution < -0.4 is 11.1 Å². The number of nitrogens with one attached hydrogen (secondary N) is 1. The number of amides is 1. The first-order chi connectivity index (χ1) is 7.84. The van der Waals surface area contributed by atoms with Crippen molar-refractivity contribution in [2.75, 3.05) is 6.54 Å². The molecule has 2 unspecified atom stereocenters. The minimum Gasteiger partial charge on any atom is -0.392 e. The van der Waals surface area contributed by atoms with Crippen LogP contribution in [0.15, 0.2) is 0 Å². The molecule has 1 saturated carbocycles. The molecule has 0 aliphatic heterocycles. The van der Waals surface area contributed by atoms with E-state index in [0.29, 0.717) is 5.92 Å². The van der Waals surface area contributed by atoms with E-state index in [1.54, 1.807) is 13.8 Å². The fourth-order valence-electron chi connectivity index (χ4n) is 2.32. The molecule has 0 aromatic rings. The van der Waals surface area contributed by atoms with E-state index >= 15 is 0 Å². The van der Waals surface area contributed by atoms with Gasteiger partial charge in [-0.3, -0.25) is 4.79 Å². The summed E-state index contributed by atoms with van der Waals surface area (Å²) in [7, 11) is 0. The Morgan fingerprint density at radius 3 is 2.65 bits per heavy atom. The van der Waals surface area contributed by atoms with Crippen LogP contribution in [0.1, 0.15) is 46.5 Å². The van der Waals surface area contributed by atoms with Crippen molar-refractivity contribution in [2.45, 2.75) is 46.5 Å². The molecule has 1 aliphatic rings. The lowest BCUT2D eigenvalue weighted by Gasteiger charge is -2.28. The molecule has 3 nitrogen and oxygen atoms in total. The van der Waals surface area contributed by atoms with Gasteiger partial charge >= 0.3 is 0 Å². The van der Waals surface area contributed by atoms with E-state index in [2.05, 4.69) is 12.2 Å². The standard InChI is InChI=1S/C13H24N2OS/c1-9-5-4-6-10(7-9)8-15-12(16)13(2,3)11(14)17/h9-10H,4-8H2,1-3H3,(H2,14,17)(H,15,16). The van der Waals surface area contributed by atoms with Gasteiger partial charge in [0.05, 0.1) is 10.4 Å². The highest BCUT2D eigenvalue weighted by atomic mass is 32.1. The van der Waals surface area contributed by atoms with E-state index in [-0.39, 0.29) is 10.9 Å². The third-order valence-electron chi connectivity index (χ3n) is 3.78. The molecule has 0 bridgehead atoms. The average molecular weight is 256 g/mol. The van der Waals surface area contributed by atoms with Crippen LogP contribution in [0, 0.1) is 17.3 Å². The number of rotatable bonds is 4. The zero-order chi connectivity index (χ0) is 13.1. The Balaban J connectivity index is 2.40. The molecule has 17 heavy (non-hydrogen) atoms. The molecule has 2 atom stereocenters. The van der Waals surface area contributed by atoms with Crippen molar-refractivity contribution in [3.05, 3.63) is 0 Å². The molecule has 0 aromatic carbocycles. The summed E-state index contributed by atoms with van der Waals surface area (Å²) in [6, 6.07) is 0. The van der Waals surface area contributed by atoms with Gasteiger partial charge in [-0.15, -0.1) is 0 Å². The molecule has 1 amide bonds. The van der Waals surface area contributed by atoms with Crippen LogP contribution in [0.25, 0.3) is 0 Å². The maximum absolute atomic E-state index is 12.0. The lowest BCUT2D eigenvalue weighted by molar-refractivity contribution is -0.126. The van der Waals surface area contributed by atoms with Gasteiger partial charge in [0.15, 0.2) is 0 Å². The quantitative estimate of drug-likeness (QED) is 0.759. The molecule has 4 heteroatoms. The molecule has 0 radical (unpaired) electrons. The number of nitrogens with two attached hydrogens (primary N) is 1. The normalized spacial score (nSPS) is 25.4. The summed E-state index contributed by atoms with van der Waals surface area (Å²) >= 11 is 4.91. The van der Waals surface area contributed by atoms with Crippen molar-refractivity contribution in [2.24, 2.45) is 23.0 Å². The maximum Gasteiger partial charge on any atom is 0.232 e. The van der Waals surface area contributed by atoms with E-state index < -0.39 is 5.41 Å². The van der Waals surface area contributed by atoms with Crippen LogP contribution in [-0.2, 0) is 4.79 Å². The summed E-state index contributed by atoms with van der Waals surface area (Å²) in [4.78, 5) is 12.2. The molecule has 0 aromatic heterocycles. The van der Waals surface area contributed by atoms with E-state index in [1.807, 2.05) is 0 Å². The molecule has 1 fully saturated rings. The minimum absolute atomic E-state index is 0.0526. The highest BCUT2D eigenvalue weighted by molar-refractivity contribution is 7.80. The SMILES string of the molecule is CC1CCCC(CNC(=O)C(C)(C)C(N)=S)C1. The summed E-state index contributed by atoms with van der Waals surface area (Å²) in [5.41, 5.74) is 4.83. The maximum atomic E-state index is 12.0. The third-order valence-corrected chi connectivity index (χ3v) is 4.29. The molecule has 98 valence electrons. The number of thiocarbonyl (C=S) groups is 1. The summed E-state index contributed by atoms with van der Waals surface area (Å²) in [5, 5.41) is 2.99. The molecule has 3 N–H and O–H groups in total. The Bertz CT molecular complexity index is 302. The Morgan fingerprint density at radius 1 is 1.47 bits per heavy atom. The van der Waals surface area contributed by atoms with Crippen LogP contribution in [-0.4, -0.2) is 17.4 Å². The molecule has 0 heterocycles. The van der Waals surface area contributed by atoms with Gasteiger partial charge in [-0.1, -0.05) is 32.0 Å². The van der Waals surface area contributed by atoms with Crippen LogP contribution in [0.5, 0.6) is 0 Å². The van der Waals surface area contributed by atoms with Crippen LogP contribution in [0.2, 0.25) is 0 Å². The predicted octanol–water partition coefficient (Wildman–Crippen LogP) is 2.24. The largest absolute Gasteiger partial charge is 0.392 e. The highest BCUT2D eigenvalue weighted by Gasteiger charge is 2.31. The lowest BCUT2D eigenvalue weighted by Crippen LogP contribution is -2.46. The van der Waals surface area contributed by atoms with Gasteiger partial charge in [0.1, 0.15) is 0 Å². The molecule has 1 rings (SSSR count). The Kier molecular flexibility index (Phi) is 4.92. The summed E-state index contributed by atoms with van der Waals surface area (Å²) in [5.74, 6) is 1.35. The van der Waals surface area contributed by atoms with Gasteiger partial charge < -0.3 is 11.1 Å². The average Bonchev–Trinajstić information content (AvgIpc) is 2.25.